The molecule has 2 amide bonds. The van der Waals surface area contributed by atoms with Crippen molar-refractivity contribution in [1.29, 1.82) is 0 Å². The molecule has 0 radical (unpaired) electrons. The fourth-order valence-corrected chi connectivity index (χ4v) is 3.80. The predicted octanol–water partition coefficient (Wildman–Crippen LogP) is 5.43. The average Bonchev–Trinajstić information content (AvgIpc) is 2.87. The number of halogens is 3. The van der Waals surface area contributed by atoms with Gasteiger partial charge in [0.15, 0.2) is 11.5 Å². The number of hydrogen-bond donors (Lipinski definition) is 1. The van der Waals surface area contributed by atoms with Gasteiger partial charge in [0.2, 0.25) is 0 Å². The van der Waals surface area contributed by atoms with E-state index in [0.717, 1.165) is 12.1 Å². The van der Waals surface area contributed by atoms with E-state index in [9.17, 15) is 23.2 Å². The molecule has 33 heavy (non-hydrogen) atoms. The Kier molecular flexibility index (Phi) is 5.81. The van der Waals surface area contributed by atoms with Gasteiger partial charge in [0.05, 0.1) is 24.8 Å². The van der Waals surface area contributed by atoms with Gasteiger partial charge in [-0.2, -0.15) is 13.2 Å². The molecular formula is C23H22F3N5O2. The number of nitrogens with one attached hydrogen (secondary N) is 1. The second kappa shape index (κ2) is 8.45. The summed E-state index contributed by atoms with van der Waals surface area (Å²) in [7, 11) is 1.47. The second-order valence-electron chi connectivity index (χ2n) is 8.10. The van der Waals surface area contributed by atoms with Crippen LogP contribution in [0.25, 0.3) is 11.3 Å². The molecule has 1 unspecified atom stereocenters. The van der Waals surface area contributed by atoms with Gasteiger partial charge in [-0.15, -0.1) is 0 Å². The van der Waals surface area contributed by atoms with Crippen LogP contribution in [0.3, 0.4) is 0 Å². The van der Waals surface area contributed by atoms with E-state index in [4.69, 9.17) is 0 Å². The number of urea groups is 1. The fraction of sp³-hybridized carbons (Fsp3) is 0.261. The largest absolute Gasteiger partial charge is 0.627 e. The maximum atomic E-state index is 13.2. The zero-order chi connectivity index (χ0) is 23.8. The van der Waals surface area contributed by atoms with Gasteiger partial charge in [0.25, 0.3) is 0 Å². The van der Waals surface area contributed by atoms with E-state index >= 15 is 0 Å². The first-order valence-electron chi connectivity index (χ1n) is 10.3. The number of quaternary nitrogens is 1. The number of benzene rings is 1. The number of carbonyl (C=O) groups excluding carboxylic acids is 1. The van der Waals surface area contributed by atoms with Crippen LogP contribution in [0, 0.1) is 5.21 Å². The van der Waals surface area contributed by atoms with Crippen molar-refractivity contribution < 1.29 is 18.0 Å². The molecule has 1 aromatic carbocycles. The topological polar surface area (TPSA) is 81.2 Å². The first kappa shape index (κ1) is 22.7. The molecule has 1 N–H and O–H groups in total. The number of hydroxylamine groups is 2. The molecule has 0 bridgehead atoms. The molecule has 0 saturated carbocycles. The number of aromatic nitrogens is 2. The lowest BCUT2D eigenvalue weighted by Gasteiger charge is -2.37. The monoisotopic (exact) mass is 457 g/mol. The van der Waals surface area contributed by atoms with Crippen molar-refractivity contribution in [3.8, 4) is 11.3 Å². The summed E-state index contributed by atoms with van der Waals surface area (Å²) in [6, 6.07) is 12.0. The number of fused-ring (bicyclic) bond motifs is 1. The Labute approximate surface area is 188 Å². The van der Waals surface area contributed by atoms with Crippen molar-refractivity contribution in [3.63, 3.8) is 0 Å². The minimum absolute atomic E-state index is 0.112. The number of pyridine rings is 2. The van der Waals surface area contributed by atoms with Gasteiger partial charge in [-0.05, 0) is 37.3 Å². The Bertz CT molecular complexity index is 1170. The molecule has 1 aliphatic rings. The van der Waals surface area contributed by atoms with Crippen LogP contribution in [-0.4, -0.2) is 35.6 Å². The summed E-state index contributed by atoms with van der Waals surface area (Å²) in [5, 5.41) is 16.0. The molecule has 10 heteroatoms. The van der Waals surface area contributed by atoms with Crippen molar-refractivity contribution in [1.82, 2.24) is 14.6 Å². The second-order valence-corrected chi connectivity index (χ2v) is 8.10. The van der Waals surface area contributed by atoms with Crippen LogP contribution in [0.2, 0.25) is 0 Å². The van der Waals surface area contributed by atoms with Crippen molar-refractivity contribution in [3.05, 3.63) is 71.6 Å². The summed E-state index contributed by atoms with van der Waals surface area (Å²) in [5.74, 6) is 0.440. The fourth-order valence-electron chi connectivity index (χ4n) is 3.80. The Hall–Kier alpha value is -3.50. The van der Waals surface area contributed by atoms with Gasteiger partial charge < -0.3 is 9.85 Å². The van der Waals surface area contributed by atoms with Gasteiger partial charge in [0.1, 0.15) is 5.82 Å². The molecule has 0 saturated heterocycles. The molecule has 4 rings (SSSR count). The summed E-state index contributed by atoms with van der Waals surface area (Å²) < 4.78 is 38.9. The number of nitrogens with zero attached hydrogens (tertiary/aromatic N) is 4. The molecular weight excluding hydrogens is 435 g/mol. The molecule has 7 nitrogen and oxygen atoms in total. The van der Waals surface area contributed by atoms with E-state index < -0.39 is 22.4 Å². The van der Waals surface area contributed by atoms with Crippen molar-refractivity contribution in [2.75, 3.05) is 23.8 Å². The summed E-state index contributed by atoms with van der Waals surface area (Å²) in [5.41, 5.74) is -0.0927. The first-order chi connectivity index (χ1) is 15.6. The number of carbonyl (C=O) groups is 1. The SMILES string of the molecule is C[C@H]1CC[N+](C)([O-])c2ccc(-c3cccc(C(F)(F)F)c3)nc2N1C(=O)Nc1ccccn1. The standard InChI is InChI=1S/C23H22F3N5O2/c1-15-11-13-31(2,33)19-10-9-18(16-6-5-7-17(14-16)23(24,25)26)28-21(19)30(15)22(32)29-20-8-3-4-12-27-20/h3-10,12,14-15H,11,13H2,1-2H3,(H,27,29,32)/t15-,31?/m0/s1. The molecule has 1 aliphatic heterocycles. The van der Waals surface area contributed by atoms with Gasteiger partial charge in [0, 0.05) is 30.3 Å². The van der Waals surface area contributed by atoms with Crippen LogP contribution >= 0.6 is 0 Å². The summed E-state index contributed by atoms with van der Waals surface area (Å²) in [6.45, 7) is 2.01. The smallest absolute Gasteiger partial charge is 0.416 e. The Balaban J connectivity index is 1.81. The zero-order valence-corrected chi connectivity index (χ0v) is 18.0. The lowest BCUT2D eigenvalue weighted by atomic mass is 10.1. The summed E-state index contributed by atoms with van der Waals surface area (Å²) >= 11 is 0. The number of alkyl halides is 3. The van der Waals surface area contributed by atoms with Crippen LogP contribution in [0.15, 0.2) is 60.8 Å². The van der Waals surface area contributed by atoms with Gasteiger partial charge in [-0.25, -0.2) is 14.8 Å². The molecule has 3 aromatic rings. The zero-order valence-electron chi connectivity index (χ0n) is 18.0. The Morgan fingerprint density at radius 1 is 1.18 bits per heavy atom. The first-order valence-corrected chi connectivity index (χ1v) is 10.3. The van der Waals surface area contributed by atoms with E-state index in [1.807, 2.05) is 0 Å². The average molecular weight is 457 g/mol. The molecule has 0 fully saturated rings. The van der Waals surface area contributed by atoms with Crippen LogP contribution < -0.4 is 14.9 Å². The van der Waals surface area contributed by atoms with E-state index in [-0.39, 0.29) is 35.3 Å². The molecule has 3 heterocycles. The predicted molar refractivity (Wildman–Crippen MR) is 120 cm³/mol. The maximum absolute atomic E-state index is 13.2. The molecule has 0 aliphatic carbocycles. The molecule has 2 aromatic heterocycles. The lowest BCUT2D eigenvalue weighted by molar-refractivity contribution is -0.137. The third kappa shape index (κ3) is 4.67. The van der Waals surface area contributed by atoms with Crippen molar-refractivity contribution >= 4 is 23.4 Å². The van der Waals surface area contributed by atoms with E-state index in [1.165, 1.54) is 42.4 Å². The van der Waals surface area contributed by atoms with Crippen molar-refractivity contribution in [2.45, 2.75) is 25.6 Å². The molecule has 2 atom stereocenters. The minimum atomic E-state index is -4.50. The lowest BCUT2D eigenvalue weighted by Crippen LogP contribution is -2.42. The van der Waals surface area contributed by atoms with E-state index in [0.29, 0.717) is 12.2 Å². The van der Waals surface area contributed by atoms with Gasteiger partial charge in [-0.3, -0.25) is 10.2 Å². The highest BCUT2D eigenvalue weighted by molar-refractivity contribution is 6.03. The van der Waals surface area contributed by atoms with Crippen LogP contribution in [-0.2, 0) is 6.18 Å². The van der Waals surface area contributed by atoms with Crippen LogP contribution in [0.4, 0.5) is 35.3 Å². The quantitative estimate of drug-likeness (QED) is 0.411. The summed E-state index contributed by atoms with van der Waals surface area (Å²) in [6.07, 6.45) is -2.56. The normalized spacial score (nSPS) is 20.7. The Morgan fingerprint density at radius 3 is 2.67 bits per heavy atom. The number of amides is 2. The van der Waals surface area contributed by atoms with Crippen LogP contribution in [0.5, 0.6) is 0 Å². The number of hydrogen-bond acceptors (Lipinski definition) is 4. The highest BCUT2D eigenvalue weighted by atomic mass is 19.4. The van der Waals surface area contributed by atoms with Crippen LogP contribution in [0.1, 0.15) is 18.9 Å². The van der Waals surface area contributed by atoms with Gasteiger partial charge in [-0.1, -0.05) is 18.2 Å². The van der Waals surface area contributed by atoms with E-state index in [1.54, 1.807) is 25.1 Å². The number of anilines is 2. The maximum Gasteiger partial charge on any atom is 0.416 e. The molecule has 0 spiro atoms. The molecule has 172 valence electrons. The highest BCUT2D eigenvalue weighted by Gasteiger charge is 2.36. The third-order valence-corrected chi connectivity index (χ3v) is 5.61. The minimum Gasteiger partial charge on any atom is -0.627 e. The Morgan fingerprint density at radius 2 is 1.97 bits per heavy atom. The number of rotatable bonds is 2. The van der Waals surface area contributed by atoms with Gasteiger partial charge >= 0.3 is 12.2 Å². The third-order valence-electron chi connectivity index (χ3n) is 5.61. The van der Waals surface area contributed by atoms with Crippen molar-refractivity contribution in [2.24, 2.45) is 0 Å². The highest BCUT2D eigenvalue weighted by Crippen LogP contribution is 2.39. The summed E-state index contributed by atoms with van der Waals surface area (Å²) in [4.78, 5) is 23.2. The van der Waals surface area contributed by atoms with E-state index in [2.05, 4.69) is 15.3 Å².